The van der Waals surface area contributed by atoms with E-state index in [-0.39, 0.29) is 0 Å². The van der Waals surface area contributed by atoms with Gasteiger partial charge in [0.05, 0.1) is 6.04 Å². The third kappa shape index (κ3) is 8.34. The van der Waals surface area contributed by atoms with Gasteiger partial charge in [0, 0.05) is 38.2 Å². The molecule has 0 aliphatic heterocycles. The summed E-state index contributed by atoms with van der Waals surface area (Å²) in [5.41, 5.74) is 0. The summed E-state index contributed by atoms with van der Waals surface area (Å²) < 4.78 is 5.56. The zero-order chi connectivity index (χ0) is 16.9. The lowest BCUT2D eigenvalue weighted by Crippen LogP contribution is -2.42. The molecule has 0 aromatic carbocycles. The van der Waals surface area contributed by atoms with Crippen LogP contribution in [0.15, 0.2) is 22.5 Å². The standard InChI is InChI=1S/C17H32N4OS/c1-5-6-11-22-12-8-10-19-17(18-2)20-14-15(21(3)4)16-9-7-13-23-16/h7,9,13,15H,5-6,8,10-12,14H2,1-4H3,(H2,18,19,20). The molecular weight excluding hydrogens is 308 g/mol. The van der Waals surface area contributed by atoms with Gasteiger partial charge in [0.15, 0.2) is 5.96 Å². The van der Waals surface area contributed by atoms with Crippen molar-refractivity contribution in [1.82, 2.24) is 15.5 Å². The maximum absolute atomic E-state index is 5.56. The summed E-state index contributed by atoms with van der Waals surface area (Å²) in [6.07, 6.45) is 3.32. The van der Waals surface area contributed by atoms with Crippen LogP contribution in [0.25, 0.3) is 0 Å². The number of nitrogens with zero attached hydrogens (tertiary/aromatic N) is 2. The van der Waals surface area contributed by atoms with E-state index in [2.05, 4.69) is 59.1 Å². The number of ether oxygens (including phenoxy) is 1. The fourth-order valence-electron chi connectivity index (χ4n) is 2.16. The number of hydrogen-bond acceptors (Lipinski definition) is 4. The van der Waals surface area contributed by atoms with Crippen LogP contribution in [0.3, 0.4) is 0 Å². The average Bonchev–Trinajstić information content (AvgIpc) is 3.06. The first-order valence-corrected chi connectivity index (χ1v) is 9.29. The van der Waals surface area contributed by atoms with Crippen LogP contribution in [-0.4, -0.2) is 58.3 Å². The van der Waals surface area contributed by atoms with Gasteiger partial charge in [-0.2, -0.15) is 0 Å². The van der Waals surface area contributed by atoms with Crippen molar-refractivity contribution in [3.63, 3.8) is 0 Å². The predicted octanol–water partition coefficient (Wildman–Crippen LogP) is 2.72. The summed E-state index contributed by atoms with van der Waals surface area (Å²) in [5.74, 6) is 0.849. The molecule has 1 unspecified atom stereocenters. The van der Waals surface area contributed by atoms with Crippen LogP contribution in [0.2, 0.25) is 0 Å². The molecule has 0 spiro atoms. The summed E-state index contributed by atoms with van der Waals surface area (Å²) >= 11 is 1.79. The van der Waals surface area contributed by atoms with Crippen LogP contribution < -0.4 is 10.6 Å². The van der Waals surface area contributed by atoms with E-state index < -0.39 is 0 Å². The molecule has 0 bridgehead atoms. The predicted molar refractivity (Wildman–Crippen MR) is 100 cm³/mol. The number of rotatable bonds is 11. The molecule has 0 aliphatic carbocycles. The number of likely N-dealkylation sites (N-methyl/N-ethyl adjacent to an activating group) is 1. The Morgan fingerprint density at radius 2 is 2.09 bits per heavy atom. The van der Waals surface area contributed by atoms with Gasteiger partial charge in [-0.05, 0) is 38.4 Å². The number of unbranched alkanes of at least 4 members (excludes halogenated alkanes) is 1. The molecule has 0 saturated heterocycles. The Morgan fingerprint density at radius 1 is 1.30 bits per heavy atom. The molecule has 1 rings (SSSR count). The molecule has 0 amide bonds. The molecule has 132 valence electrons. The number of guanidine groups is 1. The highest BCUT2D eigenvalue weighted by Gasteiger charge is 2.15. The van der Waals surface area contributed by atoms with Crippen LogP contribution in [0.4, 0.5) is 0 Å². The zero-order valence-corrected chi connectivity index (χ0v) is 15.8. The second-order valence-corrected chi connectivity index (χ2v) is 6.67. The normalized spacial score (nSPS) is 13.3. The molecule has 0 fully saturated rings. The molecule has 0 aliphatic rings. The fraction of sp³-hybridized carbons (Fsp3) is 0.706. The molecule has 23 heavy (non-hydrogen) atoms. The van der Waals surface area contributed by atoms with E-state index in [0.29, 0.717) is 6.04 Å². The third-order valence-electron chi connectivity index (χ3n) is 3.58. The van der Waals surface area contributed by atoms with Gasteiger partial charge in [-0.25, -0.2) is 0 Å². The van der Waals surface area contributed by atoms with Crippen molar-refractivity contribution in [1.29, 1.82) is 0 Å². The van der Waals surface area contributed by atoms with E-state index in [1.54, 1.807) is 11.3 Å². The summed E-state index contributed by atoms with van der Waals surface area (Å²) in [6.45, 7) is 5.56. The third-order valence-corrected chi connectivity index (χ3v) is 4.56. The van der Waals surface area contributed by atoms with Gasteiger partial charge >= 0.3 is 0 Å². The molecule has 1 aromatic heterocycles. The molecule has 6 heteroatoms. The van der Waals surface area contributed by atoms with Crippen molar-refractivity contribution in [2.45, 2.75) is 32.2 Å². The van der Waals surface area contributed by atoms with Gasteiger partial charge in [0.25, 0.3) is 0 Å². The maximum Gasteiger partial charge on any atom is 0.191 e. The number of hydrogen-bond donors (Lipinski definition) is 2. The van der Waals surface area contributed by atoms with Gasteiger partial charge < -0.3 is 20.3 Å². The summed E-state index contributed by atoms with van der Waals surface area (Å²) in [4.78, 5) is 7.88. The second-order valence-electron chi connectivity index (χ2n) is 5.69. The largest absolute Gasteiger partial charge is 0.381 e. The van der Waals surface area contributed by atoms with Gasteiger partial charge in [0.1, 0.15) is 0 Å². The number of nitrogens with one attached hydrogen (secondary N) is 2. The first-order chi connectivity index (χ1) is 11.2. The smallest absolute Gasteiger partial charge is 0.191 e. The monoisotopic (exact) mass is 340 g/mol. The van der Waals surface area contributed by atoms with Crippen molar-refractivity contribution in [2.24, 2.45) is 4.99 Å². The lowest BCUT2D eigenvalue weighted by molar-refractivity contribution is 0.129. The lowest BCUT2D eigenvalue weighted by atomic mass is 10.2. The van der Waals surface area contributed by atoms with Crippen LogP contribution >= 0.6 is 11.3 Å². The lowest BCUT2D eigenvalue weighted by Gasteiger charge is -2.24. The first-order valence-electron chi connectivity index (χ1n) is 8.41. The van der Waals surface area contributed by atoms with Crippen LogP contribution in [0, 0.1) is 0 Å². The van der Waals surface area contributed by atoms with E-state index in [4.69, 9.17) is 4.74 Å². The van der Waals surface area contributed by atoms with Crippen molar-refractivity contribution in [2.75, 3.05) is 47.4 Å². The summed E-state index contributed by atoms with van der Waals surface area (Å²) in [7, 11) is 6.02. The van der Waals surface area contributed by atoms with Crippen molar-refractivity contribution in [3.05, 3.63) is 22.4 Å². The summed E-state index contributed by atoms with van der Waals surface area (Å²) in [5, 5.41) is 8.88. The minimum absolute atomic E-state index is 0.353. The van der Waals surface area contributed by atoms with E-state index in [0.717, 1.165) is 45.1 Å². The Bertz CT molecular complexity index is 420. The van der Waals surface area contributed by atoms with Crippen molar-refractivity contribution in [3.8, 4) is 0 Å². The molecular formula is C17H32N4OS. The minimum Gasteiger partial charge on any atom is -0.381 e. The molecule has 1 atom stereocenters. The Kier molecular flexibility index (Phi) is 10.7. The SMILES string of the molecule is CCCCOCCCNC(=NC)NCC(c1cccs1)N(C)C. The molecule has 5 nitrogen and oxygen atoms in total. The molecule has 0 radical (unpaired) electrons. The van der Waals surface area contributed by atoms with Gasteiger partial charge in [0.2, 0.25) is 0 Å². The average molecular weight is 341 g/mol. The van der Waals surface area contributed by atoms with Crippen molar-refractivity contribution >= 4 is 17.3 Å². The number of thiophene rings is 1. The zero-order valence-electron chi connectivity index (χ0n) is 15.0. The van der Waals surface area contributed by atoms with Crippen LogP contribution in [-0.2, 0) is 4.74 Å². The second kappa shape index (κ2) is 12.3. The van der Waals surface area contributed by atoms with Gasteiger partial charge in [-0.1, -0.05) is 19.4 Å². The van der Waals surface area contributed by atoms with Crippen LogP contribution in [0.1, 0.15) is 37.1 Å². The molecule has 1 heterocycles. The van der Waals surface area contributed by atoms with Crippen molar-refractivity contribution < 1.29 is 4.74 Å². The highest BCUT2D eigenvalue weighted by atomic mass is 32.1. The maximum atomic E-state index is 5.56. The fourth-order valence-corrected chi connectivity index (χ4v) is 3.08. The Hall–Kier alpha value is -1.11. The van der Waals surface area contributed by atoms with E-state index in [1.165, 1.54) is 11.3 Å². The van der Waals surface area contributed by atoms with Gasteiger partial charge in [-0.15, -0.1) is 11.3 Å². The topological polar surface area (TPSA) is 48.9 Å². The molecule has 1 aromatic rings. The van der Waals surface area contributed by atoms with Gasteiger partial charge in [-0.3, -0.25) is 4.99 Å². The Balaban J connectivity index is 2.25. The highest BCUT2D eigenvalue weighted by molar-refractivity contribution is 7.10. The molecule has 2 N–H and O–H groups in total. The molecule has 0 saturated carbocycles. The Labute approximate surface area is 145 Å². The van der Waals surface area contributed by atoms with E-state index in [1.807, 2.05) is 7.05 Å². The van der Waals surface area contributed by atoms with E-state index >= 15 is 0 Å². The Morgan fingerprint density at radius 3 is 2.70 bits per heavy atom. The summed E-state index contributed by atoms with van der Waals surface area (Å²) in [6, 6.07) is 4.63. The number of aliphatic imine (C=N–C) groups is 1. The van der Waals surface area contributed by atoms with E-state index in [9.17, 15) is 0 Å². The minimum atomic E-state index is 0.353. The highest BCUT2D eigenvalue weighted by Crippen LogP contribution is 2.22. The van der Waals surface area contributed by atoms with Crippen LogP contribution in [0.5, 0.6) is 0 Å². The first kappa shape index (κ1) is 19.9. The quantitative estimate of drug-likeness (QED) is 0.369.